The Morgan fingerprint density at radius 2 is 2.33 bits per heavy atom. The Labute approximate surface area is 103 Å². The van der Waals surface area contributed by atoms with E-state index in [1.54, 1.807) is 6.92 Å². The van der Waals surface area contributed by atoms with Gasteiger partial charge < -0.3 is 15.2 Å². The first-order valence-electron chi connectivity index (χ1n) is 5.31. The smallest absolute Gasteiger partial charge is 0.272 e. The van der Waals surface area contributed by atoms with Gasteiger partial charge in [-0.15, -0.1) is 0 Å². The lowest BCUT2D eigenvalue weighted by Gasteiger charge is -2.11. The zero-order valence-electron chi connectivity index (χ0n) is 9.77. The number of aliphatic hydroxyl groups excluding tert-OH is 1. The van der Waals surface area contributed by atoms with Gasteiger partial charge in [0, 0.05) is 23.9 Å². The van der Waals surface area contributed by atoms with Crippen LogP contribution in [0.4, 0.5) is 8.78 Å². The molecule has 7 heteroatoms. The van der Waals surface area contributed by atoms with E-state index in [-0.39, 0.29) is 18.1 Å². The molecule has 1 aromatic heterocycles. The fourth-order valence-electron chi connectivity index (χ4n) is 1.13. The second-order valence-electron chi connectivity index (χ2n) is 3.64. The van der Waals surface area contributed by atoms with E-state index in [4.69, 9.17) is 9.84 Å². The van der Waals surface area contributed by atoms with Gasteiger partial charge in [-0.3, -0.25) is 4.79 Å². The van der Waals surface area contributed by atoms with Crippen molar-refractivity contribution in [2.75, 3.05) is 13.2 Å². The van der Waals surface area contributed by atoms with Crippen molar-refractivity contribution in [3.8, 4) is 5.88 Å². The maximum Gasteiger partial charge on any atom is 0.272 e. The van der Waals surface area contributed by atoms with Crippen molar-refractivity contribution < 1.29 is 23.4 Å². The van der Waals surface area contributed by atoms with Crippen LogP contribution in [0.5, 0.6) is 5.88 Å². The molecule has 2 N–H and O–H groups in total. The second-order valence-corrected chi connectivity index (χ2v) is 3.64. The van der Waals surface area contributed by atoms with Crippen LogP contribution in [0.2, 0.25) is 0 Å². The fraction of sp³-hybridized carbons (Fsp3) is 0.455. The summed E-state index contributed by atoms with van der Waals surface area (Å²) in [5.74, 6) is -0.472. The van der Waals surface area contributed by atoms with Gasteiger partial charge in [0.25, 0.3) is 12.3 Å². The van der Waals surface area contributed by atoms with E-state index in [0.717, 1.165) is 0 Å². The second kappa shape index (κ2) is 6.85. The monoisotopic (exact) mass is 260 g/mol. The van der Waals surface area contributed by atoms with E-state index < -0.39 is 25.0 Å². The largest absolute Gasteiger partial charge is 0.472 e. The molecule has 1 unspecified atom stereocenters. The molecule has 0 aromatic carbocycles. The number of aliphatic hydroxyl groups is 1. The van der Waals surface area contributed by atoms with Gasteiger partial charge in [0.2, 0.25) is 5.88 Å². The number of hydrogen-bond acceptors (Lipinski definition) is 4. The standard InChI is InChI=1S/C11H14F2N2O3/c1-7(5-16)15-11(17)8-2-3-14-10(4-8)18-6-9(12)13/h2-4,7,9,16H,5-6H2,1H3,(H,15,17). The minimum atomic E-state index is -2.60. The molecule has 0 saturated carbocycles. The number of ether oxygens (including phenoxy) is 1. The van der Waals surface area contributed by atoms with Crippen LogP contribution in [-0.4, -0.2) is 41.7 Å². The topological polar surface area (TPSA) is 71.5 Å². The molecule has 18 heavy (non-hydrogen) atoms. The maximum atomic E-state index is 11.9. The van der Waals surface area contributed by atoms with E-state index in [9.17, 15) is 13.6 Å². The summed E-state index contributed by atoms with van der Waals surface area (Å²) >= 11 is 0. The van der Waals surface area contributed by atoms with Gasteiger partial charge in [0.05, 0.1) is 6.61 Å². The van der Waals surface area contributed by atoms with Crippen molar-refractivity contribution >= 4 is 5.91 Å². The minimum absolute atomic E-state index is 0.0420. The third-order valence-electron chi connectivity index (χ3n) is 2.01. The van der Waals surface area contributed by atoms with Crippen molar-refractivity contribution in [1.29, 1.82) is 0 Å². The summed E-state index contributed by atoms with van der Waals surface area (Å²) in [5.41, 5.74) is 0.231. The lowest BCUT2D eigenvalue weighted by Crippen LogP contribution is -2.35. The molecule has 100 valence electrons. The lowest BCUT2D eigenvalue weighted by atomic mass is 10.2. The molecule has 0 saturated heterocycles. The van der Waals surface area contributed by atoms with Crippen LogP contribution in [0.15, 0.2) is 18.3 Å². The summed E-state index contributed by atoms with van der Waals surface area (Å²) in [6.45, 7) is 0.671. The number of nitrogens with zero attached hydrogens (tertiary/aromatic N) is 1. The molecule has 0 aliphatic heterocycles. The number of hydrogen-bond donors (Lipinski definition) is 2. The van der Waals surface area contributed by atoms with E-state index in [1.165, 1.54) is 18.3 Å². The highest BCUT2D eigenvalue weighted by Gasteiger charge is 2.11. The van der Waals surface area contributed by atoms with E-state index in [1.807, 2.05) is 0 Å². The average molecular weight is 260 g/mol. The van der Waals surface area contributed by atoms with Gasteiger partial charge in [-0.1, -0.05) is 0 Å². The maximum absolute atomic E-state index is 11.9. The van der Waals surface area contributed by atoms with E-state index in [0.29, 0.717) is 0 Å². The van der Waals surface area contributed by atoms with Gasteiger partial charge in [0.1, 0.15) is 0 Å². The first-order valence-corrected chi connectivity index (χ1v) is 5.31. The summed E-state index contributed by atoms with van der Waals surface area (Å²) in [4.78, 5) is 15.4. The first kappa shape index (κ1) is 14.3. The third kappa shape index (κ3) is 4.62. The molecule has 0 aliphatic rings. The summed E-state index contributed by atoms with van der Waals surface area (Å²) in [6, 6.07) is 2.30. The van der Waals surface area contributed by atoms with Crippen molar-refractivity contribution in [3.05, 3.63) is 23.9 Å². The molecule has 1 atom stereocenters. The van der Waals surface area contributed by atoms with E-state index >= 15 is 0 Å². The lowest BCUT2D eigenvalue weighted by molar-refractivity contribution is 0.0794. The van der Waals surface area contributed by atoms with E-state index in [2.05, 4.69) is 10.3 Å². The predicted molar refractivity (Wildman–Crippen MR) is 59.8 cm³/mol. The molecule has 1 rings (SSSR count). The van der Waals surface area contributed by atoms with Gasteiger partial charge in [-0.2, -0.15) is 0 Å². The first-order chi connectivity index (χ1) is 8.52. The quantitative estimate of drug-likeness (QED) is 0.795. The van der Waals surface area contributed by atoms with Crippen LogP contribution in [0.25, 0.3) is 0 Å². The highest BCUT2D eigenvalue weighted by Crippen LogP contribution is 2.10. The van der Waals surface area contributed by atoms with Crippen molar-refractivity contribution in [1.82, 2.24) is 10.3 Å². The molecule has 0 fully saturated rings. The SMILES string of the molecule is CC(CO)NC(=O)c1ccnc(OCC(F)F)c1. The molecule has 0 bridgehead atoms. The number of carbonyl (C=O) groups is 1. The Bertz CT molecular complexity index is 402. The van der Waals surface area contributed by atoms with Crippen molar-refractivity contribution in [2.24, 2.45) is 0 Å². The summed E-state index contributed by atoms with van der Waals surface area (Å²) in [7, 11) is 0. The number of rotatable bonds is 6. The highest BCUT2D eigenvalue weighted by molar-refractivity contribution is 5.94. The molecular formula is C11H14F2N2O3. The summed E-state index contributed by atoms with van der Waals surface area (Å²) in [5, 5.41) is 11.3. The molecular weight excluding hydrogens is 246 g/mol. The van der Waals surface area contributed by atoms with Gasteiger partial charge in [0.15, 0.2) is 6.61 Å². The highest BCUT2D eigenvalue weighted by atomic mass is 19.3. The normalized spacial score (nSPS) is 12.3. The molecule has 0 aliphatic carbocycles. The molecule has 1 heterocycles. The van der Waals surface area contributed by atoms with Crippen molar-refractivity contribution in [3.63, 3.8) is 0 Å². The van der Waals surface area contributed by atoms with Crippen LogP contribution < -0.4 is 10.1 Å². The Morgan fingerprint density at radius 3 is 2.94 bits per heavy atom. The molecule has 1 aromatic rings. The van der Waals surface area contributed by atoms with Crippen LogP contribution >= 0.6 is 0 Å². The van der Waals surface area contributed by atoms with Gasteiger partial charge >= 0.3 is 0 Å². The Morgan fingerprint density at radius 1 is 1.61 bits per heavy atom. The Balaban J connectivity index is 2.66. The van der Waals surface area contributed by atoms with Crippen LogP contribution in [0.1, 0.15) is 17.3 Å². The number of alkyl halides is 2. The summed E-state index contributed by atoms with van der Waals surface area (Å²) < 4.78 is 28.6. The number of carbonyl (C=O) groups excluding carboxylic acids is 1. The number of pyridine rings is 1. The molecule has 1 amide bonds. The Hall–Kier alpha value is -1.76. The number of amides is 1. The fourth-order valence-corrected chi connectivity index (χ4v) is 1.13. The zero-order valence-corrected chi connectivity index (χ0v) is 9.77. The van der Waals surface area contributed by atoms with Crippen molar-refractivity contribution in [2.45, 2.75) is 19.4 Å². The van der Waals surface area contributed by atoms with Gasteiger partial charge in [-0.25, -0.2) is 13.8 Å². The minimum Gasteiger partial charge on any atom is -0.472 e. The Kier molecular flexibility index (Phi) is 5.44. The molecule has 5 nitrogen and oxygen atoms in total. The zero-order chi connectivity index (χ0) is 13.5. The molecule has 0 radical (unpaired) electrons. The number of nitrogens with one attached hydrogen (secondary N) is 1. The van der Waals surface area contributed by atoms with Crippen LogP contribution in [0, 0.1) is 0 Å². The van der Waals surface area contributed by atoms with Crippen LogP contribution in [-0.2, 0) is 0 Å². The number of halogens is 2. The number of aromatic nitrogens is 1. The van der Waals surface area contributed by atoms with Gasteiger partial charge in [-0.05, 0) is 13.0 Å². The summed E-state index contributed by atoms with van der Waals surface area (Å²) in [6.07, 6.45) is -1.31. The average Bonchev–Trinajstić information content (AvgIpc) is 2.36. The van der Waals surface area contributed by atoms with Crippen LogP contribution in [0.3, 0.4) is 0 Å². The third-order valence-corrected chi connectivity index (χ3v) is 2.01. The molecule has 0 spiro atoms. The predicted octanol–water partition coefficient (Wildman–Crippen LogP) is 0.836.